The summed E-state index contributed by atoms with van der Waals surface area (Å²) < 4.78 is 5.39. The number of rotatable bonds is 21. The molecule has 0 aliphatic carbocycles. The molecule has 2 rings (SSSR count). The number of nitrogens with one attached hydrogen (secondary N) is 6. The Hall–Kier alpha value is -7.75. The van der Waals surface area contributed by atoms with Gasteiger partial charge in [-0.05, 0) is 37.7 Å². The average Bonchev–Trinajstić information content (AvgIpc) is 3.36. The molecule has 0 spiro atoms. The van der Waals surface area contributed by atoms with E-state index in [0.29, 0.717) is 29.2 Å². The summed E-state index contributed by atoms with van der Waals surface area (Å²) in [6.07, 6.45) is -2.46. The Morgan fingerprint density at radius 1 is 0.684 bits per heavy atom. The Kier molecular flexibility index (Phi) is 27.0. The van der Waals surface area contributed by atoms with Crippen LogP contribution in [0.3, 0.4) is 0 Å². The van der Waals surface area contributed by atoms with Crippen LogP contribution in [0, 0.1) is 5.92 Å². The third kappa shape index (κ3) is 21.6. The number of benzene rings is 1. The second-order valence-corrected chi connectivity index (χ2v) is 18.6. The zero-order valence-corrected chi connectivity index (χ0v) is 43.2. The topological polar surface area (TPSA) is 449 Å². The number of amides is 10. The van der Waals surface area contributed by atoms with Crippen LogP contribution in [0.5, 0.6) is 0 Å². The summed E-state index contributed by atoms with van der Waals surface area (Å²) in [4.78, 5) is 176. The maximum atomic E-state index is 14.5. The van der Waals surface area contributed by atoms with E-state index in [0.717, 1.165) is 31.8 Å². The number of hydrogen-bond donors (Lipinski definition) is 12. The van der Waals surface area contributed by atoms with Crippen molar-refractivity contribution < 1.29 is 82.4 Å². The summed E-state index contributed by atoms with van der Waals surface area (Å²) in [5, 5.41) is 43.4. The minimum absolute atomic E-state index is 0.150. The monoisotopic (exact) mass is 1080 g/mol. The van der Waals surface area contributed by atoms with Gasteiger partial charge in [-0.1, -0.05) is 63.4 Å². The van der Waals surface area contributed by atoms with E-state index in [1.54, 1.807) is 30.3 Å². The molecule has 422 valence electrons. The number of carbonyl (C=O) groups excluding carboxylic acids is 11. The summed E-state index contributed by atoms with van der Waals surface area (Å²) in [6, 6.07) is -8.18. The van der Waals surface area contributed by atoms with E-state index in [4.69, 9.17) is 21.9 Å². The number of aliphatic hydroxyl groups excluding tert-OH is 1. The van der Waals surface area contributed by atoms with Crippen LogP contribution in [-0.4, -0.2) is 184 Å². The molecule has 10 amide bonds. The van der Waals surface area contributed by atoms with Crippen LogP contribution in [0.4, 0.5) is 0 Å². The number of primary amides is 2. The maximum Gasteiger partial charge on any atom is 0.328 e. The van der Waals surface area contributed by atoms with Crippen LogP contribution in [0.1, 0.15) is 97.0 Å². The smallest absolute Gasteiger partial charge is 0.328 e. The molecular formula is C48H73N11O17. The van der Waals surface area contributed by atoms with E-state index >= 15 is 0 Å². The van der Waals surface area contributed by atoms with Gasteiger partial charge in [0.1, 0.15) is 54.9 Å². The molecule has 1 saturated heterocycles. The maximum absolute atomic E-state index is 14.5. The van der Waals surface area contributed by atoms with Crippen LogP contribution in [-0.2, 0) is 73.5 Å². The lowest BCUT2D eigenvalue weighted by atomic mass is 10.0. The van der Waals surface area contributed by atoms with Gasteiger partial charge in [0.05, 0.1) is 19.4 Å². The molecule has 1 aliphatic rings. The first kappa shape index (κ1) is 64.4. The second kappa shape index (κ2) is 31.9. The summed E-state index contributed by atoms with van der Waals surface area (Å²) in [6.45, 7) is 3.00. The molecule has 10 atom stereocenters. The number of nitrogens with two attached hydrogens (primary N) is 3. The summed E-state index contributed by atoms with van der Waals surface area (Å²) in [5.41, 5.74) is 17.4. The zero-order valence-electron chi connectivity index (χ0n) is 43.2. The Bertz CT molecular complexity index is 2250. The van der Waals surface area contributed by atoms with E-state index in [-0.39, 0.29) is 12.8 Å². The number of nitrogens with zero attached hydrogens (tertiary/aromatic N) is 2. The Morgan fingerprint density at radius 3 is 1.83 bits per heavy atom. The standard InChI is InChI=1S/C48H73N11O17/c1-6-25(2)12-10-11-15-37(63)52-32-24-76-48(75)29(17-19-38(64)65)54-41(68)28(16-18-35(50)61)53-44(71)33(20-27-13-8-7-9-14-27)58(4)47(74)34(22-36(51)62)59(5)46(73)31(23-60)56-45(72)40(26(3)49)57-42(69)30(21-39(66)67)55-43(32)70/h7-9,13-14,25-26,28-34,40,60H,6,10-12,15-24,49H2,1-5H3,(H2,50,61)(H2,51,62)(H,52,63)(H,53,71)(H,54,68)(H,55,70)(H,56,72)(H,57,69)(H,64,65)(H,66,67)/t25?,26-,28-,29+,30+,31+,32+,33-,34+,40+/m1/s1. The van der Waals surface area contributed by atoms with Crippen molar-refractivity contribution in [2.45, 2.75) is 152 Å². The van der Waals surface area contributed by atoms with Gasteiger partial charge in [-0.3, -0.25) is 57.5 Å². The molecule has 1 aliphatic heterocycles. The molecule has 15 N–H and O–H groups in total. The number of cyclic esters (lactones) is 1. The highest BCUT2D eigenvalue weighted by Gasteiger charge is 2.41. The second-order valence-electron chi connectivity index (χ2n) is 18.6. The summed E-state index contributed by atoms with van der Waals surface area (Å²) >= 11 is 0. The van der Waals surface area contributed by atoms with Crippen molar-refractivity contribution in [1.82, 2.24) is 41.7 Å². The van der Waals surface area contributed by atoms with Gasteiger partial charge in [0.2, 0.25) is 59.1 Å². The molecule has 1 fully saturated rings. The molecule has 0 bridgehead atoms. The van der Waals surface area contributed by atoms with Gasteiger partial charge < -0.3 is 79.0 Å². The predicted molar refractivity (Wildman–Crippen MR) is 266 cm³/mol. The van der Waals surface area contributed by atoms with Gasteiger partial charge in [-0.2, -0.15) is 0 Å². The number of unbranched alkanes of at least 4 members (excludes halogenated alkanes) is 1. The molecule has 28 nitrogen and oxygen atoms in total. The van der Waals surface area contributed by atoms with Gasteiger partial charge in [-0.25, -0.2) is 4.79 Å². The van der Waals surface area contributed by atoms with E-state index in [1.807, 2.05) is 13.8 Å². The molecule has 1 heterocycles. The Morgan fingerprint density at radius 2 is 1.26 bits per heavy atom. The van der Waals surface area contributed by atoms with Crippen LogP contribution < -0.4 is 49.1 Å². The van der Waals surface area contributed by atoms with Gasteiger partial charge in [0.15, 0.2) is 0 Å². The third-order valence-corrected chi connectivity index (χ3v) is 12.5. The highest BCUT2D eigenvalue weighted by molar-refractivity contribution is 6.00. The van der Waals surface area contributed by atoms with E-state index in [2.05, 4.69) is 31.9 Å². The van der Waals surface area contributed by atoms with Gasteiger partial charge in [0.25, 0.3) is 0 Å². The summed E-state index contributed by atoms with van der Waals surface area (Å²) in [7, 11) is 2.13. The van der Waals surface area contributed by atoms with Crippen molar-refractivity contribution in [2.24, 2.45) is 23.1 Å². The molecule has 1 aromatic carbocycles. The van der Waals surface area contributed by atoms with E-state index in [1.165, 1.54) is 6.92 Å². The summed E-state index contributed by atoms with van der Waals surface area (Å²) in [5.74, 6) is -15.5. The van der Waals surface area contributed by atoms with Gasteiger partial charge in [-0.15, -0.1) is 0 Å². The van der Waals surface area contributed by atoms with Crippen LogP contribution in [0.15, 0.2) is 30.3 Å². The van der Waals surface area contributed by atoms with E-state index in [9.17, 15) is 77.6 Å². The van der Waals surface area contributed by atoms with Crippen LogP contribution >= 0.6 is 0 Å². The fourth-order valence-corrected chi connectivity index (χ4v) is 7.71. The predicted octanol–water partition coefficient (Wildman–Crippen LogP) is -4.22. The molecule has 0 saturated carbocycles. The van der Waals surface area contributed by atoms with Crippen molar-refractivity contribution in [3.05, 3.63) is 35.9 Å². The zero-order chi connectivity index (χ0) is 57.4. The van der Waals surface area contributed by atoms with Crippen molar-refractivity contribution in [1.29, 1.82) is 0 Å². The number of esters is 1. The number of aliphatic carboxylic acids is 2. The first-order valence-corrected chi connectivity index (χ1v) is 24.6. The number of carbonyl (C=O) groups is 13. The van der Waals surface area contributed by atoms with Crippen LogP contribution in [0.2, 0.25) is 0 Å². The normalized spacial score (nSPS) is 23.9. The lowest BCUT2D eigenvalue weighted by Gasteiger charge is -2.36. The fourth-order valence-electron chi connectivity index (χ4n) is 7.71. The molecule has 28 heteroatoms. The first-order valence-electron chi connectivity index (χ1n) is 24.6. The lowest BCUT2D eigenvalue weighted by molar-refractivity contribution is -0.151. The lowest BCUT2D eigenvalue weighted by Crippen LogP contribution is -2.63. The number of carboxylic acid groups (broad SMARTS) is 2. The van der Waals surface area contributed by atoms with Crippen molar-refractivity contribution in [3.63, 3.8) is 0 Å². The van der Waals surface area contributed by atoms with Crippen molar-refractivity contribution >= 4 is 77.0 Å². The first-order chi connectivity index (χ1) is 35.7. The Balaban J connectivity index is 2.90. The number of aliphatic hydroxyl groups is 1. The van der Waals surface area contributed by atoms with Gasteiger partial charge >= 0.3 is 17.9 Å². The number of likely N-dealkylation sites (N-methyl/N-ethyl adjacent to an activating group) is 2. The quantitative estimate of drug-likeness (QED) is 0.0410. The molecule has 1 aromatic rings. The minimum Gasteiger partial charge on any atom is -0.481 e. The molecule has 0 aromatic heterocycles. The number of carboxylic acids is 2. The highest BCUT2D eigenvalue weighted by Crippen LogP contribution is 2.17. The van der Waals surface area contributed by atoms with Crippen molar-refractivity contribution in [2.75, 3.05) is 27.3 Å². The molecule has 0 radical (unpaired) electrons. The molecule has 76 heavy (non-hydrogen) atoms. The fraction of sp³-hybridized carbons (Fsp3) is 0.604. The van der Waals surface area contributed by atoms with Crippen molar-refractivity contribution in [3.8, 4) is 0 Å². The number of ether oxygens (including phenoxy) is 1. The third-order valence-electron chi connectivity index (χ3n) is 12.5. The molecule has 1 unspecified atom stereocenters. The highest BCUT2D eigenvalue weighted by atomic mass is 16.5. The van der Waals surface area contributed by atoms with Gasteiger partial charge in [0, 0.05) is 45.8 Å². The molecular weight excluding hydrogens is 1000 g/mol. The Labute approximate surface area is 438 Å². The van der Waals surface area contributed by atoms with Crippen LogP contribution in [0.25, 0.3) is 0 Å². The minimum atomic E-state index is -2.06. The average molecular weight is 1080 g/mol. The SMILES string of the molecule is CCC(C)CCCCC(=O)N[C@H]1COC(=O)[C@H](CCC(=O)O)NC(=O)[C@@H](CCC(N)=O)NC(=O)[C@@H](Cc2ccccc2)N(C)C(=O)[C@H](CC(N)=O)N(C)C(=O)[C@H](CO)NC(=O)[C@H]([C@@H](C)N)NC(=O)[C@H](CC(=O)O)NC1=O. The number of hydrogen-bond acceptors (Lipinski definition) is 16. The van der Waals surface area contributed by atoms with E-state index < -0.39 is 183 Å². The largest absolute Gasteiger partial charge is 0.481 e.